The molecular weight excluding hydrogens is 293 g/mol. The van der Waals surface area contributed by atoms with Gasteiger partial charge in [0, 0.05) is 22.4 Å². The molecule has 1 aliphatic rings. The first-order valence-corrected chi connectivity index (χ1v) is 3.30. The van der Waals surface area contributed by atoms with Crippen LogP contribution in [0.3, 0.4) is 0 Å². The molecule has 9 heavy (non-hydrogen) atoms. The molecule has 0 aromatic carbocycles. The molecule has 0 bridgehead atoms. The Morgan fingerprint density at radius 3 is 1.00 bits per heavy atom. The van der Waals surface area contributed by atoms with Crippen LogP contribution in [0.5, 0.6) is 0 Å². The quantitative estimate of drug-likeness (QED) is 0.477. The molecule has 0 heterocycles. The van der Waals surface area contributed by atoms with Crippen LogP contribution in [-0.4, -0.2) is 0 Å². The summed E-state index contributed by atoms with van der Waals surface area (Å²) in [5, 5.41) is 0. The summed E-state index contributed by atoms with van der Waals surface area (Å²) in [7, 11) is 0. The van der Waals surface area contributed by atoms with E-state index in [9.17, 15) is 0 Å². The van der Waals surface area contributed by atoms with Gasteiger partial charge in [-0.3, -0.25) is 0 Å². The van der Waals surface area contributed by atoms with Crippen LogP contribution in [0.4, 0.5) is 0 Å². The molecule has 0 aromatic heterocycles. The van der Waals surface area contributed by atoms with Crippen LogP contribution in [0.25, 0.3) is 0 Å². The third-order valence-corrected chi connectivity index (χ3v) is 1.33. The minimum Gasteiger partial charge on any atom is -0.0882 e. The largest absolute Gasteiger partial charge is 0.0882 e. The van der Waals surface area contributed by atoms with E-state index < -0.39 is 0 Å². The van der Waals surface area contributed by atoms with Gasteiger partial charge < -0.3 is 0 Å². The molecule has 0 unspecified atom stereocenters. The van der Waals surface area contributed by atoms with Gasteiger partial charge in [-0.1, -0.05) is 24.3 Å². The fourth-order valence-electron chi connectivity index (χ4n) is 0.856. The van der Waals surface area contributed by atoms with Crippen molar-refractivity contribution in [2.45, 2.75) is 25.7 Å². The Hall–Kier alpha value is 0.220. The first kappa shape index (κ1) is 9.22. The molecule has 0 N–H and O–H groups in total. The summed E-state index contributed by atoms with van der Waals surface area (Å²) in [5.74, 6) is 0. The topological polar surface area (TPSA) is 0 Å². The average molecular weight is 305 g/mol. The van der Waals surface area contributed by atoms with Crippen LogP contribution in [-0.2, 0) is 22.4 Å². The molecule has 0 aromatic rings. The van der Waals surface area contributed by atoms with Crippen LogP contribution in [0, 0.1) is 0 Å². The summed E-state index contributed by atoms with van der Waals surface area (Å²) >= 11 is 0. The van der Waals surface area contributed by atoms with E-state index in [0.29, 0.717) is 0 Å². The van der Waals surface area contributed by atoms with Crippen molar-refractivity contribution in [1.82, 2.24) is 0 Å². The van der Waals surface area contributed by atoms with Crippen LogP contribution in [0.2, 0.25) is 0 Å². The molecule has 1 rings (SSSR count). The standard InChI is InChI=1S/C8H12.Au/c1-2-4-6-8-7-5-3-1;/h1-2,7-8H,3-6H2;. The number of hydrogen-bond acceptors (Lipinski definition) is 0. The van der Waals surface area contributed by atoms with E-state index in [2.05, 4.69) is 24.3 Å². The van der Waals surface area contributed by atoms with Crippen molar-refractivity contribution in [1.29, 1.82) is 0 Å². The van der Waals surface area contributed by atoms with Gasteiger partial charge in [0.1, 0.15) is 0 Å². The number of hydrogen-bond donors (Lipinski definition) is 0. The van der Waals surface area contributed by atoms with Crippen molar-refractivity contribution in [3.05, 3.63) is 24.3 Å². The van der Waals surface area contributed by atoms with Gasteiger partial charge in [0.15, 0.2) is 0 Å². The first-order chi connectivity index (χ1) is 4.00. The number of rotatable bonds is 0. The molecular formula is C8H12Au. The van der Waals surface area contributed by atoms with Gasteiger partial charge in [-0.05, 0) is 25.7 Å². The summed E-state index contributed by atoms with van der Waals surface area (Å²) < 4.78 is 0. The Labute approximate surface area is 72.5 Å². The molecule has 1 aliphatic carbocycles. The van der Waals surface area contributed by atoms with Crippen LogP contribution in [0.15, 0.2) is 24.3 Å². The normalized spacial score (nSPS) is 17.8. The predicted octanol–water partition coefficient (Wildman–Crippen LogP) is 2.67. The molecule has 0 saturated heterocycles. The molecule has 0 amide bonds. The van der Waals surface area contributed by atoms with E-state index >= 15 is 0 Å². The Morgan fingerprint density at radius 1 is 0.556 bits per heavy atom. The van der Waals surface area contributed by atoms with E-state index in [0.717, 1.165) is 0 Å². The summed E-state index contributed by atoms with van der Waals surface area (Å²) in [4.78, 5) is 0. The molecule has 0 aliphatic heterocycles. The van der Waals surface area contributed by atoms with E-state index in [1.165, 1.54) is 25.7 Å². The predicted molar refractivity (Wildman–Crippen MR) is 36.7 cm³/mol. The van der Waals surface area contributed by atoms with Crippen molar-refractivity contribution in [3.63, 3.8) is 0 Å². The van der Waals surface area contributed by atoms with E-state index in [1.807, 2.05) is 0 Å². The summed E-state index contributed by atoms with van der Waals surface area (Å²) in [6.45, 7) is 0. The molecule has 1 radical (unpaired) electrons. The van der Waals surface area contributed by atoms with E-state index in [1.54, 1.807) is 0 Å². The molecule has 0 spiro atoms. The second-order valence-electron chi connectivity index (χ2n) is 2.10. The third kappa shape index (κ3) is 4.71. The van der Waals surface area contributed by atoms with Crippen molar-refractivity contribution < 1.29 is 22.4 Å². The maximum Gasteiger partial charge on any atom is 0 e. The van der Waals surface area contributed by atoms with Crippen molar-refractivity contribution >= 4 is 0 Å². The molecule has 55 valence electrons. The smallest absolute Gasteiger partial charge is 0 e. The van der Waals surface area contributed by atoms with Crippen molar-refractivity contribution in [2.75, 3.05) is 0 Å². The maximum absolute atomic E-state index is 2.27. The van der Waals surface area contributed by atoms with Gasteiger partial charge >= 0.3 is 0 Å². The molecule has 0 nitrogen and oxygen atoms in total. The van der Waals surface area contributed by atoms with Crippen molar-refractivity contribution in [3.8, 4) is 0 Å². The SMILES string of the molecule is C1=CCCC=CCC1.[Au]. The number of allylic oxidation sites excluding steroid dienone is 4. The van der Waals surface area contributed by atoms with Gasteiger partial charge in [-0.25, -0.2) is 0 Å². The molecule has 0 saturated carbocycles. The zero-order valence-corrected chi connectivity index (χ0v) is 7.61. The van der Waals surface area contributed by atoms with Gasteiger partial charge in [-0.2, -0.15) is 0 Å². The Balaban J connectivity index is 0.000000640. The summed E-state index contributed by atoms with van der Waals surface area (Å²) in [6.07, 6.45) is 14.0. The van der Waals surface area contributed by atoms with E-state index in [4.69, 9.17) is 0 Å². The monoisotopic (exact) mass is 305 g/mol. The summed E-state index contributed by atoms with van der Waals surface area (Å²) in [6, 6.07) is 0. The average Bonchev–Trinajstić information content (AvgIpc) is 1.62. The minimum atomic E-state index is 0. The van der Waals surface area contributed by atoms with Gasteiger partial charge in [0.05, 0.1) is 0 Å². The Morgan fingerprint density at radius 2 is 0.778 bits per heavy atom. The molecule has 0 fully saturated rings. The Bertz CT molecular complexity index is 77.1. The van der Waals surface area contributed by atoms with Gasteiger partial charge in [0.2, 0.25) is 0 Å². The first-order valence-electron chi connectivity index (χ1n) is 3.30. The second-order valence-corrected chi connectivity index (χ2v) is 2.10. The van der Waals surface area contributed by atoms with Crippen molar-refractivity contribution in [2.24, 2.45) is 0 Å². The third-order valence-electron chi connectivity index (χ3n) is 1.33. The minimum absolute atomic E-state index is 0. The summed E-state index contributed by atoms with van der Waals surface area (Å²) in [5.41, 5.74) is 0. The zero-order valence-electron chi connectivity index (χ0n) is 5.44. The Kier molecular flexibility index (Phi) is 6.50. The fraction of sp³-hybridized carbons (Fsp3) is 0.500. The van der Waals surface area contributed by atoms with Crippen LogP contribution >= 0.6 is 0 Å². The zero-order chi connectivity index (χ0) is 5.66. The van der Waals surface area contributed by atoms with Crippen LogP contribution in [0.1, 0.15) is 25.7 Å². The fourth-order valence-corrected chi connectivity index (χ4v) is 0.856. The van der Waals surface area contributed by atoms with Gasteiger partial charge in [0.25, 0.3) is 0 Å². The molecule has 0 atom stereocenters. The maximum atomic E-state index is 2.27. The van der Waals surface area contributed by atoms with E-state index in [-0.39, 0.29) is 22.4 Å². The second kappa shape index (κ2) is 6.34. The van der Waals surface area contributed by atoms with Crippen LogP contribution < -0.4 is 0 Å². The molecule has 1 heteroatoms. The van der Waals surface area contributed by atoms with Gasteiger partial charge in [-0.15, -0.1) is 0 Å².